The SMILES string of the molecule is CCCC1CC(F)(F)CCC1n1c(=O)n(C)c2cnc(Cl)nc21. The van der Waals surface area contributed by atoms with E-state index < -0.39 is 5.92 Å². The molecule has 0 saturated heterocycles. The Hall–Kier alpha value is -1.50. The van der Waals surface area contributed by atoms with Gasteiger partial charge in [0.15, 0.2) is 5.65 Å². The maximum absolute atomic E-state index is 13.8. The van der Waals surface area contributed by atoms with E-state index in [1.54, 1.807) is 11.6 Å². The second kappa shape index (κ2) is 5.85. The fourth-order valence-corrected chi connectivity index (χ4v) is 3.76. The number of nitrogens with zero attached hydrogens (tertiary/aromatic N) is 4. The number of aromatic nitrogens is 4. The zero-order valence-electron chi connectivity index (χ0n) is 13.1. The Morgan fingerprint density at radius 1 is 1.48 bits per heavy atom. The van der Waals surface area contributed by atoms with Crippen molar-refractivity contribution in [1.29, 1.82) is 0 Å². The first-order valence-corrected chi connectivity index (χ1v) is 8.19. The molecule has 5 nitrogen and oxygen atoms in total. The van der Waals surface area contributed by atoms with Crippen LogP contribution in [-0.2, 0) is 7.05 Å². The molecule has 0 amide bonds. The summed E-state index contributed by atoms with van der Waals surface area (Å²) in [4.78, 5) is 20.7. The highest BCUT2D eigenvalue weighted by atomic mass is 35.5. The summed E-state index contributed by atoms with van der Waals surface area (Å²) in [5, 5.41) is 0.0463. The van der Waals surface area contributed by atoms with Gasteiger partial charge in [-0.1, -0.05) is 13.3 Å². The summed E-state index contributed by atoms with van der Waals surface area (Å²) in [5.41, 5.74) is 0.730. The van der Waals surface area contributed by atoms with Gasteiger partial charge in [0.1, 0.15) is 5.52 Å². The first-order valence-electron chi connectivity index (χ1n) is 7.81. The van der Waals surface area contributed by atoms with E-state index >= 15 is 0 Å². The monoisotopic (exact) mass is 344 g/mol. The van der Waals surface area contributed by atoms with Crippen LogP contribution >= 0.6 is 11.6 Å². The third-order valence-corrected chi connectivity index (χ3v) is 4.89. The molecule has 23 heavy (non-hydrogen) atoms. The molecule has 1 aliphatic carbocycles. The number of aryl methyl sites for hydroxylation is 1. The van der Waals surface area contributed by atoms with Crippen molar-refractivity contribution in [2.75, 3.05) is 0 Å². The van der Waals surface area contributed by atoms with Gasteiger partial charge in [-0.3, -0.25) is 9.13 Å². The van der Waals surface area contributed by atoms with Gasteiger partial charge in [-0.25, -0.2) is 18.6 Å². The minimum Gasteiger partial charge on any atom is -0.292 e. The van der Waals surface area contributed by atoms with Crippen LogP contribution in [0.25, 0.3) is 11.2 Å². The zero-order chi connectivity index (χ0) is 16.8. The molecule has 126 valence electrons. The highest BCUT2D eigenvalue weighted by Crippen LogP contribution is 2.44. The van der Waals surface area contributed by atoms with Crippen LogP contribution in [0.3, 0.4) is 0 Å². The summed E-state index contributed by atoms with van der Waals surface area (Å²) in [5.74, 6) is -2.90. The predicted molar refractivity (Wildman–Crippen MR) is 84.0 cm³/mol. The minimum absolute atomic E-state index is 0.0463. The number of imidazole rings is 1. The van der Waals surface area contributed by atoms with E-state index in [0.29, 0.717) is 17.6 Å². The van der Waals surface area contributed by atoms with Crippen molar-refractivity contribution in [2.24, 2.45) is 13.0 Å². The zero-order valence-corrected chi connectivity index (χ0v) is 13.9. The quantitative estimate of drug-likeness (QED) is 0.800. The van der Waals surface area contributed by atoms with Crippen molar-refractivity contribution in [1.82, 2.24) is 19.1 Å². The molecule has 0 radical (unpaired) electrons. The van der Waals surface area contributed by atoms with Crippen LogP contribution in [0.2, 0.25) is 5.28 Å². The van der Waals surface area contributed by atoms with Gasteiger partial charge in [0, 0.05) is 25.9 Å². The van der Waals surface area contributed by atoms with Crippen molar-refractivity contribution in [3.63, 3.8) is 0 Å². The first kappa shape index (κ1) is 16.4. The van der Waals surface area contributed by atoms with Crippen molar-refractivity contribution in [3.05, 3.63) is 22.0 Å². The molecule has 0 bridgehead atoms. The Morgan fingerprint density at radius 2 is 2.22 bits per heavy atom. The van der Waals surface area contributed by atoms with Crippen LogP contribution in [0.15, 0.2) is 11.0 Å². The molecule has 1 saturated carbocycles. The molecular weight excluding hydrogens is 326 g/mol. The first-order chi connectivity index (χ1) is 10.8. The van der Waals surface area contributed by atoms with Gasteiger partial charge in [0.25, 0.3) is 0 Å². The molecule has 0 aromatic carbocycles. The predicted octanol–water partition coefficient (Wildman–Crippen LogP) is 3.56. The standard InChI is InChI=1S/C15H19ClF2N4O/c1-3-4-9-7-15(17,18)6-5-10(9)22-12-11(21(2)14(22)23)8-19-13(16)20-12/h8-10H,3-7H2,1-2H3. The topological polar surface area (TPSA) is 52.7 Å². The van der Waals surface area contributed by atoms with Crippen molar-refractivity contribution >= 4 is 22.8 Å². The summed E-state index contributed by atoms with van der Waals surface area (Å²) in [6.45, 7) is 1.97. The van der Waals surface area contributed by atoms with Gasteiger partial charge in [-0.05, 0) is 30.4 Å². The third-order valence-electron chi connectivity index (χ3n) is 4.71. The second-order valence-electron chi connectivity index (χ2n) is 6.27. The van der Waals surface area contributed by atoms with Gasteiger partial charge in [0.05, 0.1) is 6.20 Å². The van der Waals surface area contributed by atoms with E-state index in [4.69, 9.17) is 11.6 Å². The van der Waals surface area contributed by atoms with Gasteiger partial charge >= 0.3 is 5.69 Å². The Bertz CT molecular complexity index is 786. The van der Waals surface area contributed by atoms with E-state index in [2.05, 4.69) is 9.97 Å². The van der Waals surface area contributed by atoms with E-state index in [0.717, 1.165) is 6.42 Å². The molecule has 1 fully saturated rings. The van der Waals surface area contributed by atoms with Crippen LogP contribution in [0.1, 0.15) is 45.1 Å². The summed E-state index contributed by atoms with van der Waals surface area (Å²) < 4.78 is 30.6. The van der Waals surface area contributed by atoms with Crippen molar-refractivity contribution < 1.29 is 8.78 Å². The molecule has 2 aromatic rings. The van der Waals surface area contributed by atoms with Gasteiger partial charge < -0.3 is 0 Å². The van der Waals surface area contributed by atoms with Gasteiger partial charge in [0.2, 0.25) is 11.2 Å². The molecule has 8 heteroatoms. The molecule has 0 aliphatic heterocycles. The van der Waals surface area contributed by atoms with E-state index in [9.17, 15) is 13.6 Å². The number of hydrogen-bond donors (Lipinski definition) is 0. The summed E-state index contributed by atoms with van der Waals surface area (Å²) in [7, 11) is 1.63. The second-order valence-corrected chi connectivity index (χ2v) is 6.61. The highest BCUT2D eigenvalue weighted by molar-refractivity contribution is 6.28. The third kappa shape index (κ3) is 2.86. The fraction of sp³-hybridized carbons (Fsp3) is 0.667. The Balaban J connectivity index is 2.13. The van der Waals surface area contributed by atoms with E-state index in [1.807, 2.05) is 6.92 Å². The van der Waals surface area contributed by atoms with Crippen LogP contribution in [0.4, 0.5) is 8.78 Å². The molecule has 2 unspecified atom stereocenters. The van der Waals surface area contributed by atoms with E-state index in [1.165, 1.54) is 10.8 Å². The van der Waals surface area contributed by atoms with Crippen LogP contribution in [-0.4, -0.2) is 25.0 Å². The summed E-state index contributed by atoms with van der Waals surface area (Å²) in [6, 6.07) is -0.281. The van der Waals surface area contributed by atoms with Crippen LogP contribution < -0.4 is 5.69 Å². The van der Waals surface area contributed by atoms with Crippen LogP contribution in [0, 0.1) is 5.92 Å². The molecule has 2 heterocycles. The van der Waals surface area contributed by atoms with Crippen molar-refractivity contribution in [3.8, 4) is 0 Å². The van der Waals surface area contributed by atoms with Crippen LogP contribution in [0.5, 0.6) is 0 Å². The lowest BCUT2D eigenvalue weighted by molar-refractivity contribution is -0.0682. The smallest absolute Gasteiger partial charge is 0.292 e. The largest absolute Gasteiger partial charge is 0.330 e. The average molecular weight is 345 g/mol. The maximum atomic E-state index is 13.8. The lowest BCUT2D eigenvalue weighted by Gasteiger charge is -2.36. The average Bonchev–Trinajstić information content (AvgIpc) is 2.71. The number of alkyl halides is 2. The maximum Gasteiger partial charge on any atom is 0.330 e. The number of hydrogen-bond acceptors (Lipinski definition) is 3. The molecule has 0 N–H and O–H groups in total. The lowest BCUT2D eigenvalue weighted by atomic mass is 9.79. The lowest BCUT2D eigenvalue weighted by Crippen LogP contribution is -2.38. The van der Waals surface area contributed by atoms with Gasteiger partial charge in [-0.15, -0.1) is 0 Å². The fourth-order valence-electron chi connectivity index (χ4n) is 3.64. The Labute approximate surface area is 137 Å². The molecule has 0 spiro atoms. The van der Waals surface area contributed by atoms with Gasteiger partial charge in [-0.2, -0.15) is 4.98 Å². The molecule has 1 aliphatic rings. The molecular formula is C15H19ClF2N4O. The Morgan fingerprint density at radius 3 is 2.91 bits per heavy atom. The normalized spacial score (nSPS) is 24.2. The summed E-state index contributed by atoms with van der Waals surface area (Å²) in [6.07, 6.45) is 2.81. The highest BCUT2D eigenvalue weighted by Gasteiger charge is 2.42. The Kier molecular flexibility index (Phi) is 4.16. The number of fused-ring (bicyclic) bond motifs is 1. The number of rotatable bonds is 3. The molecule has 3 rings (SSSR count). The summed E-state index contributed by atoms with van der Waals surface area (Å²) >= 11 is 5.87. The minimum atomic E-state index is -2.66. The number of halogens is 3. The molecule has 2 atom stereocenters. The van der Waals surface area contributed by atoms with Crippen molar-refractivity contribution in [2.45, 2.75) is 51.0 Å². The molecule has 2 aromatic heterocycles. The van der Waals surface area contributed by atoms with E-state index in [-0.39, 0.29) is 42.2 Å².